The van der Waals surface area contributed by atoms with Crippen molar-refractivity contribution in [3.8, 4) is 0 Å². The number of nitrogens with zero attached hydrogens (tertiary/aromatic N) is 2. The lowest BCUT2D eigenvalue weighted by molar-refractivity contribution is 0.0314. The summed E-state index contributed by atoms with van der Waals surface area (Å²) < 4.78 is 34.1. The van der Waals surface area contributed by atoms with Gasteiger partial charge < -0.3 is 9.15 Å². The average Bonchev–Trinajstić information content (AvgIpc) is 3.04. The number of rotatable bonds is 4. The molecule has 0 spiro atoms. The summed E-state index contributed by atoms with van der Waals surface area (Å²) in [6.07, 6.45) is 4.27. The summed E-state index contributed by atoms with van der Waals surface area (Å²) in [5, 5.41) is 8.49. The predicted octanol–water partition coefficient (Wildman–Crippen LogP) is 1.63. The van der Waals surface area contributed by atoms with Gasteiger partial charge in [0, 0.05) is 12.4 Å². The Hall–Kier alpha value is -0.600. The van der Waals surface area contributed by atoms with E-state index in [1.54, 1.807) is 0 Å². The van der Waals surface area contributed by atoms with Crippen LogP contribution in [0.25, 0.3) is 0 Å². The first-order chi connectivity index (χ1) is 9.62. The standard InChI is InChI=1S/C12H18N2O4S2/c15-20(16)6-4-9(8-20)11-13-14-12(18-11)19-7-10-3-1-2-5-17-10/h9-10H,1-8H2/t9-,10+/m1/s1. The maximum absolute atomic E-state index is 11.4. The van der Waals surface area contributed by atoms with E-state index in [4.69, 9.17) is 9.15 Å². The van der Waals surface area contributed by atoms with E-state index in [1.165, 1.54) is 18.2 Å². The van der Waals surface area contributed by atoms with Crippen molar-refractivity contribution in [2.75, 3.05) is 23.9 Å². The number of aromatic nitrogens is 2. The highest BCUT2D eigenvalue weighted by Crippen LogP contribution is 2.30. The molecule has 3 rings (SSSR count). The van der Waals surface area contributed by atoms with Gasteiger partial charge in [0.25, 0.3) is 5.22 Å². The number of ether oxygens (including phenoxy) is 1. The quantitative estimate of drug-likeness (QED) is 0.780. The van der Waals surface area contributed by atoms with Gasteiger partial charge in [-0.25, -0.2) is 8.42 Å². The fourth-order valence-corrected chi connectivity index (χ4v) is 5.10. The zero-order valence-electron chi connectivity index (χ0n) is 11.2. The van der Waals surface area contributed by atoms with Crippen molar-refractivity contribution in [1.29, 1.82) is 0 Å². The molecule has 0 saturated carbocycles. The van der Waals surface area contributed by atoms with Gasteiger partial charge >= 0.3 is 0 Å². The summed E-state index contributed by atoms with van der Waals surface area (Å²) >= 11 is 1.49. The molecule has 1 aromatic heterocycles. The Bertz CT molecular complexity index is 552. The molecule has 112 valence electrons. The second kappa shape index (κ2) is 6.03. The Kier molecular flexibility index (Phi) is 4.32. The first kappa shape index (κ1) is 14.3. The molecule has 2 aliphatic rings. The van der Waals surface area contributed by atoms with Gasteiger partial charge in [-0.05, 0) is 25.7 Å². The van der Waals surface area contributed by atoms with Crippen LogP contribution in [-0.2, 0) is 14.6 Å². The van der Waals surface area contributed by atoms with E-state index in [-0.39, 0.29) is 23.5 Å². The Morgan fingerprint density at radius 2 is 2.15 bits per heavy atom. The summed E-state index contributed by atoms with van der Waals surface area (Å²) in [6.45, 7) is 0.834. The van der Waals surface area contributed by atoms with E-state index >= 15 is 0 Å². The number of sulfone groups is 1. The van der Waals surface area contributed by atoms with E-state index in [2.05, 4.69) is 10.2 Å². The fraction of sp³-hybridized carbons (Fsp3) is 0.833. The zero-order valence-corrected chi connectivity index (χ0v) is 12.8. The molecule has 2 fully saturated rings. The van der Waals surface area contributed by atoms with Crippen molar-refractivity contribution in [3.05, 3.63) is 5.89 Å². The molecular weight excluding hydrogens is 300 g/mol. The van der Waals surface area contributed by atoms with Crippen molar-refractivity contribution in [2.45, 2.75) is 42.9 Å². The summed E-state index contributed by atoms with van der Waals surface area (Å²) in [5.74, 6) is 1.49. The highest BCUT2D eigenvalue weighted by atomic mass is 32.2. The third-order valence-corrected chi connectivity index (χ3v) is 6.39. The molecule has 0 bridgehead atoms. The van der Waals surface area contributed by atoms with Crippen molar-refractivity contribution in [3.63, 3.8) is 0 Å². The molecule has 8 heteroatoms. The van der Waals surface area contributed by atoms with Crippen LogP contribution >= 0.6 is 11.8 Å². The lowest BCUT2D eigenvalue weighted by Crippen LogP contribution is -2.21. The summed E-state index contributed by atoms with van der Waals surface area (Å²) in [4.78, 5) is 0. The molecule has 20 heavy (non-hydrogen) atoms. The molecule has 2 atom stereocenters. The van der Waals surface area contributed by atoms with Crippen LogP contribution in [0, 0.1) is 0 Å². The van der Waals surface area contributed by atoms with Crippen molar-refractivity contribution < 1.29 is 17.6 Å². The maximum Gasteiger partial charge on any atom is 0.276 e. The monoisotopic (exact) mass is 318 g/mol. The van der Waals surface area contributed by atoms with Gasteiger partial charge in [-0.3, -0.25) is 0 Å². The molecule has 0 aromatic carbocycles. The van der Waals surface area contributed by atoms with Gasteiger partial charge in [-0.2, -0.15) is 0 Å². The molecule has 3 heterocycles. The van der Waals surface area contributed by atoms with Crippen molar-refractivity contribution >= 4 is 21.6 Å². The lowest BCUT2D eigenvalue weighted by Gasteiger charge is -2.21. The predicted molar refractivity (Wildman–Crippen MR) is 74.6 cm³/mol. The highest BCUT2D eigenvalue weighted by molar-refractivity contribution is 7.99. The molecule has 1 aromatic rings. The first-order valence-corrected chi connectivity index (χ1v) is 9.71. The van der Waals surface area contributed by atoms with Crippen LogP contribution < -0.4 is 0 Å². The molecule has 0 aliphatic carbocycles. The number of hydrogen-bond acceptors (Lipinski definition) is 7. The van der Waals surface area contributed by atoms with Gasteiger partial charge in [0.2, 0.25) is 5.89 Å². The molecule has 0 unspecified atom stereocenters. The summed E-state index contributed by atoms with van der Waals surface area (Å²) in [6, 6.07) is 0. The van der Waals surface area contributed by atoms with Gasteiger partial charge in [0.15, 0.2) is 9.84 Å². The summed E-state index contributed by atoms with van der Waals surface area (Å²) in [7, 11) is -2.92. The third kappa shape index (κ3) is 3.53. The maximum atomic E-state index is 11.4. The van der Waals surface area contributed by atoms with Gasteiger partial charge in [-0.1, -0.05) is 11.8 Å². The normalized spacial score (nSPS) is 29.6. The van der Waals surface area contributed by atoms with Crippen molar-refractivity contribution in [1.82, 2.24) is 10.2 Å². The second-order valence-corrected chi connectivity index (χ2v) is 8.51. The Morgan fingerprint density at radius 1 is 1.25 bits per heavy atom. The van der Waals surface area contributed by atoms with Gasteiger partial charge in [0.05, 0.1) is 23.5 Å². The van der Waals surface area contributed by atoms with Crippen LogP contribution in [0.5, 0.6) is 0 Å². The van der Waals surface area contributed by atoms with E-state index in [1.807, 2.05) is 0 Å². The second-order valence-electron chi connectivity index (χ2n) is 5.31. The van der Waals surface area contributed by atoms with Crippen LogP contribution in [0.15, 0.2) is 9.64 Å². The molecule has 0 amide bonds. The average molecular weight is 318 g/mol. The van der Waals surface area contributed by atoms with E-state index in [9.17, 15) is 8.42 Å². The van der Waals surface area contributed by atoms with E-state index < -0.39 is 9.84 Å². The largest absolute Gasteiger partial charge is 0.416 e. The molecule has 2 aliphatic heterocycles. The van der Waals surface area contributed by atoms with Crippen LogP contribution in [0.1, 0.15) is 37.5 Å². The zero-order chi connectivity index (χ0) is 14.0. The molecule has 6 nitrogen and oxygen atoms in total. The molecular formula is C12H18N2O4S2. The third-order valence-electron chi connectivity index (χ3n) is 3.67. The van der Waals surface area contributed by atoms with Crippen LogP contribution in [0.3, 0.4) is 0 Å². The van der Waals surface area contributed by atoms with E-state index in [0.717, 1.165) is 25.2 Å². The lowest BCUT2D eigenvalue weighted by atomic mass is 10.1. The van der Waals surface area contributed by atoms with Gasteiger partial charge in [0.1, 0.15) is 0 Å². The Balaban J connectivity index is 1.54. The van der Waals surface area contributed by atoms with Gasteiger partial charge in [-0.15, -0.1) is 10.2 Å². The molecule has 2 saturated heterocycles. The smallest absolute Gasteiger partial charge is 0.276 e. The van der Waals surface area contributed by atoms with Crippen LogP contribution in [0.4, 0.5) is 0 Å². The number of thioether (sulfide) groups is 1. The van der Waals surface area contributed by atoms with Crippen molar-refractivity contribution in [2.24, 2.45) is 0 Å². The molecule has 0 N–H and O–H groups in total. The fourth-order valence-electron chi connectivity index (χ4n) is 2.54. The minimum atomic E-state index is -2.92. The minimum Gasteiger partial charge on any atom is -0.416 e. The topological polar surface area (TPSA) is 82.3 Å². The van der Waals surface area contributed by atoms with Crippen LogP contribution in [-0.4, -0.2) is 48.6 Å². The SMILES string of the molecule is O=S1(=O)CC[C@@H](c2nnc(SC[C@@H]3CCCCO3)o2)C1. The first-order valence-electron chi connectivity index (χ1n) is 6.90. The number of hydrogen-bond donors (Lipinski definition) is 0. The molecule has 0 radical (unpaired) electrons. The minimum absolute atomic E-state index is 0.130. The van der Waals surface area contributed by atoms with E-state index in [0.29, 0.717) is 17.5 Å². The summed E-state index contributed by atoms with van der Waals surface area (Å²) in [5.41, 5.74) is 0. The Labute approximate surface area is 122 Å². The van der Waals surface area contributed by atoms with Crippen LogP contribution in [0.2, 0.25) is 0 Å². The Morgan fingerprint density at radius 3 is 2.85 bits per heavy atom. The highest BCUT2D eigenvalue weighted by Gasteiger charge is 2.32.